The molecule has 0 aliphatic carbocycles. The van der Waals surface area contributed by atoms with Gasteiger partial charge in [0.2, 0.25) is 0 Å². The summed E-state index contributed by atoms with van der Waals surface area (Å²) < 4.78 is 65.4. The lowest BCUT2D eigenvalue weighted by atomic mass is 9.86. The van der Waals surface area contributed by atoms with Crippen molar-refractivity contribution in [1.82, 2.24) is 4.98 Å². The smallest absolute Gasteiger partial charge is 0.417 e. The van der Waals surface area contributed by atoms with Crippen LogP contribution in [-0.2, 0) is 9.53 Å². The molecule has 0 radical (unpaired) electrons. The van der Waals surface area contributed by atoms with Gasteiger partial charge in [-0.25, -0.2) is 4.39 Å². The van der Waals surface area contributed by atoms with Gasteiger partial charge in [-0.1, -0.05) is 17.7 Å². The van der Waals surface area contributed by atoms with Crippen molar-refractivity contribution >= 4 is 29.1 Å². The van der Waals surface area contributed by atoms with E-state index < -0.39 is 52.9 Å². The molecule has 7 nitrogen and oxygen atoms in total. The van der Waals surface area contributed by atoms with Gasteiger partial charge in [0.05, 0.1) is 7.11 Å². The summed E-state index contributed by atoms with van der Waals surface area (Å²) in [5.74, 6) is -3.98. The zero-order valence-electron chi connectivity index (χ0n) is 16.8. The SMILES string of the molecule is COc1c([C@@H]2CC(C)(C(F)(F)F)O[C@H]2C(=O)Nc2ccnc(C(N)=O)c2)ccc(F)c1Cl. The molecule has 1 unspecified atom stereocenters. The molecule has 32 heavy (non-hydrogen) atoms. The second-order valence-corrected chi connectivity index (χ2v) is 7.72. The van der Waals surface area contributed by atoms with Gasteiger partial charge in [0.15, 0.2) is 5.60 Å². The number of methoxy groups -OCH3 is 1. The van der Waals surface area contributed by atoms with E-state index in [-0.39, 0.29) is 22.7 Å². The molecule has 1 aromatic carbocycles. The molecular weight excluding hydrogens is 458 g/mol. The van der Waals surface area contributed by atoms with Crippen molar-refractivity contribution in [2.75, 3.05) is 12.4 Å². The van der Waals surface area contributed by atoms with Crippen molar-refractivity contribution in [3.8, 4) is 5.75 Å². The number of carbonyl (C=O) groups excluding carboxylic acids is 2. The number of ether oxygens (including phenoxy) is 2. The Morgan fingerprint density at radius 2 is 2.03 bits per heavy atom. The van der Waals surface area contributed by atoms with Crippen LogP contribution < -0.4 is 15.8 Å². The molecule has 0 bridgehead atoms. The number of anilines is 1. The summed E-state index contributed by atoms with van der Waals surface area (Å²) in [7, 11) is 1.18. The molecule has 1 fully saturated rings. The second kappa shape index (κ2) is 8.55. The van der Waals surface area contributed by atoms with Crippen LogP contribution in [0.15, 0.2) is 30.5 Å². The van der Waals surface area contributed by atoms with Crippen molar-refractivity contribution in [2.24, 2.45) is 5.73 Å². The molecule has 3 rings (SSSR count). The molecule has 3 N–H and O–H groups in total. The van der Waals surface area contributed by atoms with E-state index in [2.05, 4.69) is 10.3 Å². The Balaban J connectivity index is 2.01. The number of amides is 2. The Kier molecular flexibility index (Phi) is 6.34. The van der Waals surface area contributed by atoms with Gasteiger partial charge in [-0.15, -0.1) is 0 Å². The minimum Gasteiger partial charge on any atom is -0.495 e. The lowest BCUT2D eigenvalue weighted by Gasteiger charge is -2.27. The van der Waals surface area contributed by atoms with E-state index in [1.165, 1.54) is 31.5 Å². The van der Waals surface area contributed by atoms with Crippen LogP contribution in [0.1, 0.15) is 35.3 Å². The monoisotopic (exact) mass is 475 g/mol. The van der Waals surface area contributed by atoms with E-state index in [9.17, 15) is 27.2 Å². The maximum Gasteiger partial charge on any atom is 0.417 e. The number of hydrogen-bond donors (Lipinski definition) is 2. The van der Waals surface area contributed by atoms with Crippen molar-refractivity contribution in [2.45, 2.75) is 37.1 Å². The Morgan fingerprint density at radius 3 is 2.62 bits per heavy atom. The average Bonchev–Trinajstić information content (AvgIpc) is 3.09. The van der Waals surface area contributed by atoms with E-state index in [0.717, 1.165) is 13.0 Å². The molecular formula is C20H18ClF4N3O4. The van der Waals surface area contributed by atoms with Crippen LogP contribution in [0.25, 0.3) is 0 Å². The lowest BCUT2D eigenvalue weighted by Crippen LogP contribution is -2.43. The van der Waals surface area contributed by atoms with Gasteiger partial charge in [-0.3, -0.25) is 14.6 Å². The zero-order chi connectivity index (χ0) is 23.8. The first kappa shape index (κ1) is 23.7. The average molecular weight is 476 g/mol. The van der Waals surface area contributed by atoms with Gasteiger partial charge in [0.25, 0.3) is 11.8 Å². The topological polar surface area (TPSA) is 104 Å². The predicted octanol–water partition coefficient (Wildman–Crippen LogP) is 3.81. The summed E-state index contributed by atoms with van der Waals surface area (Å²) in [4.78, 5) is 28.0. The molecule has 2 aromatic rings. The summed E-state index contributed by atoms with van der Waals surface area (Å²) in [5, 5.41) is 1.98. The maximum absolute atomic E-state index is 13.9. The van der Waals surface area contributed by atoms with Crippen LogP contribution in [0.4, 0.5) is 23.2 Å². The predicted molar refractivity (Wildman–Crippen MR) is 106 cm³/mol. The Labute approximate surface area is 184 Å². The normalized spacial score (nSPS) is 23.1. The molecule has 12 heteroatoms. The standard InChI is InChI=1S/C20H18ClF4N3O4/c1-19(20(23,24)25)8-11(10-3-4-12(22)14(21)15(10)31-2)16(32-19)18(30)28-9-5-6-27-13(7-9)17(26)29/h3-7,11,16H,8H2,1-2H3,(H2,26,29)(H,27,28,30)/t11-,16+,19?/m0/s1. The van der Waals surface area contributed by atoms with Crippen molar-refractivity contribution in [1.29, 1.82) is 0 Å². The number of benzene rings is 1. The molecule has 0 spiro atoms. The van der Waals surface area contributed by atoms with Crippen LogP contribution in [-0.4, -0.2) is 41.8 Å². The maximum atomic E-state index is 13.9. The van der Waals surface area contributed by atoms with Crippen molar-refractivity contribution < 1.29 is 36.6 Å². The number of hydrogen-bond acceptors (Lipinski definition) is 5. The third-order valence-electron chi connectivity index (χ3n) is 5.18. The largest absolute Gasteiger partial charge is 0.495 e. The Morgan fingerprint density at radius 1 is 1.34 bits per heavy atom. The van der Waals surface area contributed by atoms with Crippen LogP contribution in [0.5, 0.6) is 5.75 Å². The summed E-state index contributed by atoms with van der Waals surface area (Å²) in [6, 6.07) is 4.67. The summed E-state index contributed by atoms with van der Waals surface area (Å²) in [6.07, 6.45) is -5.88. The molecule has 1 saturated heterocycles. The van der Waals surface area contributed by atoms with E-state index >= 15 is 0 Å². The number of halogens is 5. The first-order valence-corrected chi connectivity index (χ1v) is 9.59. The van der Waals surface area contributed by atoms with E-state index in [1.54, 1.807) is 0 Å². The van der Waals surface area contributed by atoms with Crippen molar-refractivity contribution in [3.05, 3.63) is 52.6 Å². The summed E-state index contributed by atoms with van der Waals surface area (Å²) in [5.41, 5.74) is 2.49. The minimum atomic E-state index is -4.80. The zero-order valence-corrected chi connectivity index (χ0v) is 17.6. The number of carbonyl (C=O) groups is 2. The van der Waals surface area contributed by atoms with E-state index in [1.807, 2.05) is 0 Å². The van der Waals surface area contributed by atoms with E-state index in [4.69, 9.17) is 26.8 Å². The third-order valence-corrected chi connectivity index (χ3v) is 5.54. The summed E-state index contributed by atoms with van der Waals surface area (Å²) in [6.45, 7) is 0.822. The van der Waals surface area contributed by atoms with Gasteiger partial charge in [-0.05, 0) is 31.5 Å². The van der Waals surface area contributed by atoms with Gasteiger partial charge in [0.1, 0.15) is 28.4 Å². The van der Waals surface area contributed by atoms with Crippen LogP contribution in [0.2, 0.25) is 5.02 Å². The van der Waals surface area contributed by atoms with Crippen molar-refractivity contribution in [3.63, 3.8) is 0 Å². The van der Waals surface area contributed by atoms with Crippen LogP contribution >= 0.6 is 11.6 Å². The molecule has 2 heterocycles. The number of pyridine rings is 1. The van der Waals surface area contributed by atoms with E-state index in [0.29, 0.717) is 0 Å². The highest BCUT2D eigenvalue weighted by molar-refractivity contribution is 6.32. The fourth-order valence-electron chi connectivity index (χ4n) is 3.53. The second-order valence-electron chi connectivity index (χ2n) is 7.34. The molecule has 172 valence electrons. The fourth-order valence-corrected chi connectivity index (χ4v) is 3.78. The highest BCUT2D eigenvalue weighted by atomic mass is 35.5. The Hall–Kier alpha value is -2.92. The lowest BCUT2D eigenvalue weighted by molar-refractivity contribution is -0.261. The molecule has 1 aliphatic heterocycles. The number of alkyl halides is 3. The number of nitrogens with zero attached hydrogens (tertiary/aromatic N) is 1. The summed E-state index contributed by atoms with van der Waals surface area (Å²) >= 11 is 5.93. The molecule has 2 amide bonds. The fraction of sp³-hybridized carbons (Fsp3) is 0.350. The van der Waals surface area contributed by atoms with Crippen LogP contribution in [0, 0.1) is 5.82 Å². The minimum absolute atomic E-state index is 0.0749. The Bertz CT molecular complexity index is 1070. The highest BCUT2D eigenvalue weighted by Crippen LogP contribution is 2.52. The highest BCUT2D eigenvalue weighted by Gasteiger charge is 2.61. The number of aromatic nitrogens is 1. The van der Waals surface area contributed by atoms with Gasteiger partial charge >= 0.3 is 6.18 Å². The molecule has 1 aliphatic rings. The molecule has 1 aromatic heterocycles. The van der Waals surface area contributed by atoms with Crippen LogP contribution in [0.3, 0.4) is 0 Å². The first-order chi connectivity index (χ1) is 14.9. The number of nitrogens with one attached hydrogen (secondary N) is 1. The number of primary amides is 1. The van der Waals surface area contributed by atoms with Gasteiger partial charge in [0, 0.05) is 23.4 Å². The number of nitrogens with two attached hydrogens (primary N) is 1. The van der Waals surface area contributed by atoms with Gasteiger partial charge in [-0.2, -0.15) is 13.2 Å². The van der Waals surface area contributed by atoms with Gasteiger partial charge < -0.3 is 20.5 Å². The number of rotatable bonds is 5. The quantitative estimate of drug-likeness (QED) is 0.640. The molecule has 3 atom stereocenters. The first-order valence-electron chi connectivity index (χ1n) is 9.21. The molecule has 0 saturated carbocycles. The third kappa shape index (κ3) is 4.35.